The van der Waals surface area contributed by atoms with Gasteiger partial charge in [-0.15, -0.1) is 0 Å². The van der Waals surface area contributed by atoms with Crippen LogP contribution in [0.4, 0.5) is 0 Å². The van der Waals surface area contributed by atoms with Gasteiger partial charge in [0.1, 0.15) is 6.04 Å². The summed E-state index contributed by atoms with van der Waals surface area (Å²) in [4.78, 5) is 16.1. The number of rotatable bonds is 4. The molecule has 4 heteroatoms. The van der Waals surface area contributed by atoms with Crippen LogP contribution in [0.5, 0.6) is 0 Å². The smallest absolute Gasteiger partial charge is 0.242 e. The molecule has 0 radical (unpaired) electrons. The molecule has 0 saturated carbocycles. The fourth-order valence-corrected chi connectivity index (χ4v) is 1.59. The molecule has 0 aromatic heterocycles. The largest absolute Gasteiger partial charge is 0.362 e. The maximum absolute atomic E-state index is 11.7. The van der Waals surface area contributed by atoms with Crippen LogP contribution in [0.2, 0.25) is 0 Å². The van der Waals surface area contributed by atoms with E-state index in [9.17, 15) is 4.79 Å². The fraction of sp³-hybridized carbons (Fsp3) is 0.833. The number of amidine groups is 1. The Labute approximate surface area is 97.9 Å². The Bertz CT molecular complexity index is 261. The van der Waals surface area contributed by atoms with Crippen LogP contribution in [0.25, 0.3) is 0 Å². The van der Waals surface area contributed by atoms with E-state index in [-0.39, 0.29) is 11.9 Å². The molecule has 1 heterocycles. The predicted octanol–water partition coefficient (Wildman–Crippen LogP) is 1.32. The summed E-state index contributed by atoms with van der Waals surface area (Å²) in [5.41, 5.74) is 0. The second-order valence-corrected chi connectivity index (χ2v) is 4.79. The number of aliphatic imine (C=N–C) groups is 1. The van der Waals surface area contributed by atoms with Gasteiger partial charge in [0.15, 0.2) is 0 Å². The van der Waals surface area contributed by atoms with Crippen LogP contribution in [-0.4, -0.2) is 30.9 Å². The summed E-state index contributed by atoms with van der Waals surface area (Å²) in [6.07, 6.45) is 3.31. The van der Waals surface area contributed by atoms with Crippen LogP contribution < -0.4 is 10.6 Å². The first-order chi connectivity index (χ1) is 7.59. The van der Waals surface area contributed by atoms with Crippen molar-refractivity contribution < 1.29 is 4.79 Å². The fourth-order valence-electron chi connectivity index (χ4n) is 1.59. The summed E-state index contributed by atoms with van der Waals surface area (Å²) >= 11 is 0. The molecule has 0 spiro atoms. The predicted molar refractivity (Wildman–Crippen MR) is 66.6 cm³/mol. The van der Waals surface area contributed by atoms with E-state index in [2.05, 4.69) is 29.5 Å². The lowest BCUT2D eigenvalue weighted by Crippen LogP contribution is -2.46. The van der Waals surface area contributed by atoms with Crippen molar-refractivity contribution in [2.45, 2.75) is 46.1 Å². The molecule has 1 amide bonds. The zero-order valence-electron chi connectivity index (χ0n) is 10.5. The average molecular weight is 225 g/mol. The lowest BCUT2D eigenvalue weighted by molar-refractivity contribution is -0.122. The van der Waals surface area contributed by atoms with Gasteiger partial charge < -0.3 is 10.6 Å². The normalized spacial score (nSPS) is 17.9. The number of nitrogens with zero attached hydrogens (tertiary/aromatic N) is 1. The second kappa shape index (κ2) is 6.51. The lowest BCUT2D eigenvalue weighted by atomic mass is 10.1. The van der Waals surface area contributed by atoms with Gasteiger partial charge in [-0.3, -0.25) is 9.79 Å². The molecule has 0 aliphatic carbocycles. The van der Waals surface area contributed by atoms with Crippen molar-refractivity contribution >= 4 is 11.7 Å². The highest BCUT2D eigenvalue weighted by Crippen LogP contribution is 2.04. The second-order valence-electron chi connectivity index (χ2n) is 4.79. The summed E-state index contributed by atoms with van der Waals surface area (Å²) in [6, 6.07) is -0.185. The first-order valence-electron chi connectivity index (χ1n) is 6.17. The number of hydrogen-bond acceptors (Lipinski definition) is 3. The topological polar surface area (TPSA) is 53.5 Å². The van der Waals surface area contributed by atoms with Gasteiger partial charge in [-0.2, -0.15) is 0 Å². The summed E-state index contributed by atoms with van der Waals surface area (Å²) in [7, 11) is 0. The number of carbonyl (C=O) groups is 1. The Morgan fingerprint density at radius 2 is 2.12 bits per heavy atom. The van der Waals surface area contributed by atoms with E-state index >= 15 is 0 Å². The zero-order valence-corrected chi connectivity index (χ0v) is 10.5. The van der Waals surface area contributed by atoms with Crippen LogP contribution in [0, 0.1) is 5.92 Å². The Morgan fingerprint density at radius 1 is 1.38 bits per heavy atom. The zero-order chi connectivity index (χ0) is 12.0. The third-order valence-corrected chi connectivity index (χ3v) is 2.59. The van der Waals surface area contributed by atoms with Crippen LogP contribution in [0.1, 0.15) is 40.0 Å². The van der Waals surface area contributed by atoms with Crippen molar-refractivity contribution in [3.63, 3.8) is 0 Å². The summed E-state index contributed by atoms with van der Waals surface area (Å²) in [5.74, 6) is 1.53. The Kier molecular flexibility index (Phi) is 5.29. The van der Waals surface area contributed by atoms with Gasteiger partial charge in [0.2, 0.25) is 5.91 Å². The quantitative estimate of drug-likeness (QED) is 0.758. The summed E-state index contributed by atoms with van der Waals surface area (Å²) in [5, 5.41) is 6.10. The van der Waals surface area contributed by atoms with Crippen LogP contribution in [-0.2, 0) is 4.79 Å². The first-order valence-corrected chi connectivity index (χ1v) is 6.17. The van der Waals surface area contributed by atoms with Gasteiger partial charge in [0.05, 0.1) is 5.84 Å². The van der Waals surface area contributed by atoms with Crippen molar-refractivity contribution in [1.29, 1.82) is 0 Å². The summed E-state index contributed by atoms with van der Waals surface area (Å²) < 4.78 is 0. The molecule has 16 heavy (non-hydrogen) atoms. The maximum atomic E-state index is 11.7. The average Bonchev–Trinajstić information content (AvgIpc) is 2.27. The monoisotopic (exact) mass is 225 g/mol. The molecule has 0 bridgehead atoms. The minimum Gasteiger partial charge on any atom is -0.362 e. The molecule has 92 valence electrons. The van der Waals surface area contributed by atoms with Crippen LogP contribution >= 0.6 is 0 Å². The van der Waals surface area contributed by atoms with Crippen molar-refractivity contribution in [3.8, 4) is 0 Å². The van der Waals surface area contributed by atoms with Gasteiger partial charge in [0.25, 0.3) is 0 Å². The third-order valence-electron chi connectivity index (χ3n) is 2.59. The van der Waals surface area contributed by atoms with E-state index in [0.29, 0.717) is 5.92 Å². The number of amides is 1. The summed E-state index contributed by atoms with van der Waals surface area (Å²) in [6.45, 7) is 7.68. The van der Waals surface area contributed by atoms with Gasteiger partial charge in [0, 0.05) is 19.5 Å². The molecular formula is C12H23N3O. The molecule has 1 unspecified atom stereocenters. The van der Waals surface area contributed by atoms with Gasteiger partial charge in [-0.05, 0) is 25.7 Å². The minimum absolute atomic E-state index is 0.0574. The molecule has 2 N–H and O–H groups in total. The Morgan fingerprint density at radius 3 is 2.69 bits per heavy atom. The van der Waals surface area contributed by atoms with Crippen molar-refractivity contribution in [1.82, 2.24) is 10.6 Å². The van der Waals surface area contributed by atoms with E-state index in [1.807, 2.05) is 6.92 Å². The highest BCUT2D eigenvalue weighted by molar-refractivity contribution is 5.89. The molecule has 4 nitrogen and oxygen atoms in total. The van der Waals surface area contributed by atoms with Gasteiger partial charge >= 0.3 is 0 Å². The van der Waals surface area contributed by atoms with E-state index < -0.39 is 0 Å². The minimum atomic E-state index is -0.185. The standard InChI is InChI=1S/C12H23N3O/c1-9(2)8-14-12(16)10(3)15-11-6-4-5-7-13-11/h9-10H,4-8H2,1-3H3,(H,13,15)(H,14,16). The first kappa shape index (κ1) is 13.0. The molecule has 1 rings (SSSR count). The van der Waals surface area contributed by atoms with Crippen LogP contribution in [0.15, 0.2) is 4.99 Å². The maximum Gasteiger partial charge on any atom is 0.242 e. The molecular weight excluding hydrogens is 202 g/mol. The van der Waals surface area contributed by atoms with Crippen molar-refractivity contribution in [2.75, 3.05) is 13.1 Å². The molecule has 1 aliphatic heterocycles. The number of carbonyl (C=O) groups excluding carboxylic acids is 1. The third kappa shape index (κ3) is 4.64. The van der Waals surface area contributed by atoms with Crippen molar-refractivity contribution in [2.24, 2.45) is 10.9 Å². The Hall–Kier alpha value is -1.06. The van der Waals surface area contributed by atoms with E-state index in [4.69, 9.17) is 0 Å². The Balaban J connectivity index is 2.30. The molecule has 0 fully saturated rings. The molecule has 1 atom stereocenters. The number of hydrogen-bond donors (Lipinski definition) is 2. The lowest BCUT2D eigenvalue weighted by Gasteiger charge is -2.19. The van der Waals surface area contributed by atoms with Crippen LogP contribution in [0.3, 0.4) is 0 Å². The molecule has 0 aromatic rings. The highest BCUT2D eigenvalue weighted by Gasteiger charge is 2.15. The van der Waals surface area contributed by atoms with Crippen molar-refractivity contribution in [3.05, 3.63) is 0 Å². The van der Waals surface area contributed by atoms with Gasteiger partial charge in [-0.25, -0.2) is 0 Å². The van der Waals surface area contributed by atoms with Gasteiger partial charge in [-0.1, -0.05) is 13.8 Å². The molecule has 0 aromatic carbocycles. The van der Waals surface area contributed by atoms with E-state index in [1.165, 1.54) is 12.8 Å². The van der Waals surface area contributed by atoms with E-state index in [0.717, 1.165) is 25.3 Å². The SMILES string of the molecule is CC(C)CNC(=O)C(C)NC1=NCCCC1. The molecule has 0 saturated heterocycles. The number of nitrogens with one attached hydrogen (secondary N) is 2. The molecule has 1 aliphatic rings. The highest BCUT2D eigenvalue weighted by atomic mass is 16.2. The van der Waals surface area contributed by atoms with E-state index in [1.54, 1.807) is 0 Å².